The van der Waals surface area contributed by atoms with Crippen molar-refractivity contribution in [3.05, 3.63) is 6.20 Å². The molecule has 0 fully saturated rings. The number of carbonyl (C=O) groups is 3. The molecule has 0 aromatic carbocycles. The number of carbonyl (C=O) groups excluding carboxylic acids is 3. The van der Waals surface area contributed by atoms with Gasteiger partial charge in [0.1, 0.15) is 37.1 Å². The molecular weight excluding hydrogens is 839 g/mol. The Labute approximate surface area is 390 Å². The number of unbranched alkanes of at least 4 members (excludes halogenated alkanes) is 26. The second kappa shape index (κ2) is 40.9. The fourth-order valence-corrected chi connectivity index (χ4v) is 8.44. The van der Waals surface area contributed by atoms with Crippen LogP contribution < -0.4 is 11.1 Å². The number of nitrogens with one attached hydrogen (secondary N) is 1. The van der Waals surface area contributed by atoms with Crippen LogP contribution in [0.2, 0.25) is 0 Å². The van der Waals surface area contributed by atoms with E-state index >= 15 is 0 Å². The van der Waals surface area contributed by atoms with Crippen LogP contribution in [0.4, 0.5) is 5.82 Å². The zero-order valence-electron chi connectivity index (χ0n) is 39.9. The molecule has 0 bridgehead atoms. The van der Waals surface area contributed by atoms with Gasteiger partial charge in [0.05, 0.1) is 25.4 Å². The fraction of sp³-hybridized carbons (Fsp3) is 0.896. The average molecular weight is 930 g/mol. The van der Waals surface area contributed by atoms with Crippen LogP contribution in [0, 0.1) is 0 Å². The Morgan fingerprint density at radius 2 is 1.06 bits per heavy atom. The lowest BCUT2D eigenvalue weighted by atomic mass is 10.0. The Hall–Kier alpha value is -2.34. The zero-order valence-corrected chi connectivity index (χ0v) is 40.7. The van der Waals surface area contributed by atoms with Gasteiger partial charge in [-0.3, -0.25) is 14.4 Å². The Morgan fingerprint density at radius 1 is 0.641 bits per heavy atom. The molecule has 1 aromatic rings. The van der Waals surface area contributed by atoms with Crippen LogP contribution in [0.5, 0.6) is 0 Å². The molecule has 0 saturated heterocycles. The van der Waals surface area contributed by atoms with E-state index in [9.17, 15) is 34.8 Å². The van der Waals surface area contributed by atoms with Crippen LogP contribution in [-0.4, -0.2) is 120 Å². The second-order valence-corrected chi connectivity index (χ2v) is 18.8. The van der Waals surface area contributed by atoms with Crippen molar-refractivity contribution >= 4 is 35.4 Å². The molecule has 0 spiro atoms. The number of thioether (sulfide) groups is 1. The first kappa shape index (κ1) is 59.7. The molecule has 0 radical (unpaired) electrons. The van der Waals surface area contributed by atoms with Gasteiger partial charge in [-0.2, -0.15) is 11.8 Å². The molecule has 1 rings (SSSR count). The summed E-state index contributed by atoms with van der Waals surface area (Å²) < 4.78 is 12.5. The molecule has 0 unspecified atom stereocenters. The highest BCUT2D eigenvalue weighted by molar-refractivity contribution is 7.99. The molecule has 0 aliphatic heterocycles. The van der Waals surface area contributed by atoms with Gasteiger partial charge in [0.25, 0.3) is 0 Å². The quantitative estimate of drug-likeness (QED) is 0.0243. The summed E-state index contributed by atoms with van der Waals surface area (Å²) >= 11 is 1.29. The van der Waals surface area contributed by atoms with E-state index in [1.165, 1.54) is 159 Å². The number of hydrogen-bond acceptors (Lipinski definition) is 14. The summed E-state index contributed by atoms with van der Waals surface area (Å²) in [5, 5.41) is 58.8. The van der Waals surface area contributed by atoms with Crippen LogP contribution >= 0.6 is 11.8 Å². The first-order valence-electron chi connectivity index (χ1n) is 25.2. The van der Waals surface area contributed by atoms with Gasteiger partial charge in [-0.05, 0) is 12.8 Å². The third kappa shape index (κ3) is 32.4. The maximum absolute atomic E-state index is 12.9. The first-order valence-corrected chi connectivity index (χ1v) is 26.4. The summed E-state index contributed by atoms with van der Waals surface area (Å²) in [5.41, 5.74) is 6.16. The van der Waals surface area contributed by atoms with Crippen molar-refractivity contribution in [2.75, 3.05) is 30.0 Å². The van der Waals surface area contributed by atoms with Crippen LogP contribution in [-0.2, 0) is 30.4 Å². The molecule has 1 aromatic heterocycles. The van der Waals surface area contributed by atoms with Gasteiger partial charge in [0.15, 0.2) is 5.82 Å². The van der Waals surface area contributed by atoms with Crippen LogP contribution in [0.15, 0.2) is 6.20 Å². The first-order chi connectivity index (χ1) is 31.0. The Balaban J connectivity index is 2.48. The van der Waals surface area contributed by atoms with E-state index in [1.54, 1.807) is 0 Å². The lowest BCUT2D eigenvalue weighted by Gasteiger charge is -2.25. The number of nitrogens with two attached hydrogens (primary N) is 1. The number of ether oxygens (including phenoxy) is 2. The number of hydrogen-bond donors (Lipinski definition) is 7. The summed E-state index contributed by atoms with van der Waals surface area (Å²) in [6, 6.07) is -0.979. The standard InChI is InChI=1S/C48H91N5O10S/c1-3-5-7-9-11-13-15-17-19-21-23-25-27-29-31-44(57)62-36-39(63-45(58)32-30-28-26-24-22-20-18-16-14-12-10-8-6-4-2)37-64-38-40(49)48(61)50-43-34-53(52-51-43)33-41(55)46(59)47(60)42(56)35-54/h34,39-42,46-47,54-56,59-60H,3-33,35-38,49H2,1-2H3,(H,50,61)/t39-,40-,41+,42-,46+,47-/m1/s1. The Kier molecular flexibility index (Phi) is 38.1. The molecule has 0 saturated carbocycles. The molecule has 6 atom stereocenters. The smallest absolute Gasteiger partial charge is 0.306 e. The minimum absolute atomic E-state index is 0.0316. The van der Waals surface area contributed by atoms with E-state index in [0.29, 0.717) is 6.42 Å². The van der Waals surface area contributed by atoms with Crippen molar-refractivity contribution in [3.63, 3.8) is 0 Å². The average Bonchev–Trinajstić information content (AvgIpc) is 3.73. The highest BCUT2D eigenvalue weighted by atomic mass is 32.2. The largest absolute Gasteiger partial charge is 0.462 e. The number of anilines is 1. The predicted octanol–water partition coefficient (Wildman–Crippen LogP) is 7.91. The molecule has 0 aliphatic carbocycles. The minimum Gasteiger partial charge on any atom is -0.462 e. The van der Waals surface area contributed by atoms with Gasteiger partial charge in [-0.25, -0.2) is 4.68 Å². The highest BCUT2D eigenvalue weighted by Crippen LogP contribution is 2.17. The molecule has 1 amide bonds. The zero-order chi connectivity index (χ0) is 47.0. The number of aliphatic hydroxyl groups is 5. The van der Waals surface area contributed by atoms with E-state index in [0.717, 1.165) is 43.2 Å². The summed E-state index contributed by atoms with van der Waals surface area (Å²) in [7, 11) is 0. The number of rotatable bonds is 45. The van der Waals surface area contributed by atoms with E-state index in [-0.39, 0.29) is 48.8 Å². The third-order valence-corrected chi connectivity index (χ3v) is 12.8. The number of aliphatic hydroxyl groups excluding tert-OH is 5. The van der Waals surface area contributed by atoms with Gasteiger partial charge < -0.3 is 46.1 Å². The topological polar surface area (TPSA) is 240 Å². The second-order valence-electron chi connectivity index (χ2n) is 17.7. The normalized spacial score (nSPS) is 14.4. The minimum atomic E-state index is -1.79. The number of aromatic nitrogens is 3. The SMILES string of the molecule is CCCCCCCCCCCCCCCCC(=O)OC[C@H](CSC[C@@H](N)C(=O)Nc1cn(C[C@H](O)[C@H](O)[C@H](O)[C@H](O)CO)nn1)OC(=O)CCCCCCCCCCCCCCCC. The molecule has 0 aliphatic rings. The summed E-state index contributed by atoms with van der Waals surface area (Å²) in [6.07, 6.45) is 28.8. The van der Waals surface area contributed by atoms with E-state index in [1.807, 2.05) is 0 Å². The Bertz CT molecular complexity index is 1280. The van der Waals surface area contributed by atoms with Crippen molar-refractivity contribution in [3.8, 4) is 0 Å². The van der Waals surface area contributed by atoms with E-state index in [4.69, 9.17) is 20.3 Å². The number of esters is 2. The van der Waals surface area contributed by atoms with Crippen molar-refractivity contribution in [2.24, 2.45) is 5.73 Å². The van der Waals surface area contributed by atoms with Crippen LogP contribution in [0.3, 0.4) is 0 Å². The lowest BCUT2D eigenvalue weighted by Crippen LogP contribution is -2.47. The maximum atomic E-state index is 12.9. The van der Waals surface area contributed by atoms with Gasteiger partial charge in [-0.1, -0.05) is 186 Å². The predicted molar refractivity (Wildman–Crippen MR) is 256 cm³/mol. The molecule has 15 nitrogen and oxygen atoms in total. The number of nitrogens with zero attached hydrogens (tertiary/aromatic N) is 3. The van der Waals surface area contributed by atoms with Crippen molar-refractivity contribution in [2.45, 2.75) is 250 Å². The molecule has 8 N–H and O–H groups in total. The van der Waals surface area contributed by atoms with E-state index < -0.39 is 49.1 Å². The summed E-state index contributed by atoms with van der Waals surface area (Å²) in [5.74, 6) is -0.756. The van der Waals surface area contributed by atoms with Gasteiger partial charge >= 0.3 is 11.9 Å². The molecule has 16 heteroatoms. The molecular formula is C48H91N5O10S. The number of amides is 1. The maximum Gasteiger partial charge on any atom is 0.306 e. The molecule has 1 heterocycles. The van der Waals surface area contributed by atoms with Crippen molar-refractivity contribution < 1.29 is 49.4 Å². The van der Waals surface area contributed by atoms with Crippen LogP contribution in [0.25, 0.3) is 0 Å². The highest BCUT2D eigenvalue weighted by Gasteiger charge is 2.30. The Morgan fingerprint density at radius 3 is 1.52 bits per heavy atom. The van der Waals surface area contributed by atoms with Gasteiger partial charge in [0.2, 0.25) is 5.91 Å². The summed E-state index contributed by atoms with van der Waals surface area (Å²) in [6.45, 7) is 3.29. The monoisotopic (exact) mass is 930 g/mol. The third-order valence-electron chi connectivity index (χ3n) is 11.6. The van der Waals surface area contributed by atoms with Gasteiger partial charge in [-0.15, -0.1) is 5.10 Å². The fourth-order valence-electron chi connectivity index (χ4n) is 7.48. The van der Waals surface area contributed by atoms with Crippen molar-refractivity contribution in [1.29, 1.82) is 0 Å². The molecule has 64 heavy (non-hydrogen) atoms. The lowest BCUT2D eigenvalue weighted by molar-refractivity contribution is -0.157. The molecule has 374 valence electrons. The van der Waals surface area contributed by atoms with E-state index in [2.05, 4.69) is 29.5 Å². The summed E-state index contributed by atoms with van der Waals surface area (Å²) in [4.78, 5) is 38.4. The van der Waals surface area contributed by atoms with Crippen molar-refractivity contribution in [1.82, 2.24) is 15.0 Å². The van der Waals surface area contributed by atoms with Gasteiger partial charge in [0, 0.05) is 24.3 Å². The van der Waals surface area contributed by atoms with Crippen LogP contribution in [0.1, 0.15) is 206 Å².